The second-order valence-corrected chi connectivity index (χ2v) is 10.9. The SMILES string of the molecule is CC(=O)N1C[C@H]2[C@H](C1)n1ncc(NC(=O)c3ccc(O)c(C#N)c3)c1C(=O)N2c1ccc(C(F)(F)c2ccc(Cl)cc2)cc1. The number of alkyl halides is 2. The molecule has 2 N–H and O–H groups in total. The largest absolute Gasteiger partial charge is 0.507 e. The predicted molar refractivity (Wildman–Crippen MR) is 156 cm³/mol. The molecule has 3 amide bonds. The van der Waals surface area contributed by atoms with Crippen LogP contribution in [0.2, 0.25) is 5.02 Å². The zero-order chi connectivity index (χ0) is 31.3. The van der Waals surface area contributed by atoms with Crippen LogP contribution in [0.15, 0.2) is 72.9 Å². The van der Waals surface area contributed by atoms with Gasteiger partial charge in [0.15, 0.2) is 5.69 Å². The second-order valence-electron chi connectivity index (χ2n) is 10.5. The molecule has 1 saturated heterocycles. The summed E-state index contributed by atoms with van der Waals surface area (Å²) in [6.45, 7) is 1.85. The number of carbonyl (C=O) groups is 3. The summed E-state index contributed by atoms with van der Waals surface area (Å²) >= 11 is 5.86. The average Bonchev–Trinajstić information content (AvgIpc) is 3.63. The highest BCUT2D eigenvalue weighted by molar-refractivity contribution is 6.30. The van der Waals surface area contributed by atoms with E-state index in [4.69, 9.17) is 11.6 Å². The van der Waals surface area contributed by atoms with E-state index in [-0.39, 0.29) is 58.4 Å². The number of phenolic OH excluding ortho intramolecular Hbond substituents is 1. The Kier molecular flexibility index (Phi) is 7.05. The summed E-state index contributed by atoms with van der Waals surface area (Å²) in [7, 11) is 0. The fourth-order valence-electron chi connectivity index (χ4n) is 5.63. The van der Waals surface area contributed by atoms with Crippen LogP contribution in [0.3, 0.4) is 0 Å². The van der Waals surface area contributed by atoms with Crippen molar-refractivity contribution >= 4 is 40.7 Å². The van der Waals surface area contributed by atoms with Gasteiger partial charge in [-0.3, -0.25) is 24.0 Å². The number of anilines is 2. The van der Waals surface area contributed by atoms with Crippen molar-refractivity contribution in [2.75, 3.05) is 23.3 Å². The van der Waals surface area contributed by atoms with E-state index in [2.05, 4.69) is 10.4 Å². The zero-order valence-corrected chi connectivity index (χ0v) is 23.8. The molecule has 1 aromatic heterocycles. The van der Waals surface area contributed by atoms with Crippen LogP contribution in [0.4, 0.5) is 20.2 Å². The third kappa shape index (κ3) is 4.81. The van der Waals surface area contributed by atoms with E-state index in [1.165, 1.54) is 89.4 Å². The molecule has 4 aromatic rings. The smallest absolute Gasteiger partial charge is 0.298 e. The number of carbonyl (C=O) groups excluding carboxylic acids is 3. The second kappa shape index (κ2) is 10.8. The lowest BCUT2D eigenvalue weighted by Gasteiger charge is -2.37. The number of hydrogen-bond acceptors (Lipinski definition) is 6. The molecular formula is C31H23ClF2N6O4. The number of likely N-dealkylation sites (tertiary alicyclic amines) is 1. The molecule has 44 heavy (non-hydrogen) atoms. The summed E-state index contributed by atoms with van der Waals surface area (Å²) in [5, 5.41) is 26.4. The summed E-state index contributed by atoms with van der Waals surface area (Å²) < 4.78 is 32.1. The van der Waals surface area contributed by atoms with Crippen LogP contribution in [0.1, 0.15) is 50.5 Å². The molecule has 10 nitrogen and oxygen atoms in total. The van der Waals surface area contributed by atoms with Gasteiger partial charge in [0.2, 0.25) is 5.91 Å². The number of benzene rings is 3. The zero-order valence-electron chi connectivity index (χ0n) is 23.0. The maximum Gasteiger partial charge on any atom is 0.298 e. The van der Waals surface area contributed by atoms with E-state index < -0.39 is 29.8 Å². The molecule has 0 spiro atoms. The van der Waals surface area contributed by atoms with Gasteiger partial charge < -0.3 is 15.3 Å². The molecule has 3 aromatic carbocycles. The number of phenols is 1. The number of rotatable bonds is 5. The van der Waals surface area contributed by atoms with Gasteiger partial charge in [-0.15, -0.1) is 0 Å². The molecule has 2 atom stereocenters. The van der Waals surface area contributed by atoms with Gasteiger partial charge >= 0.3 is 0 Å². The number of nitriles is 1. The predicted octanol–water partition coefficient (Wildman–Crippen LogP) is 4.94. The highest BCUT2D eigenvalue weighted by atomic mass is 35.5. The van der Waals surface area contributed by atoms with Crippen molar-refractivity contribution in [2.45, 2.75) is 24.9 Å². The van der Waals surface area contributed by atoms with E-state index in [9.17, 15) is 24.8 Å². The van der Waals surface area contributed by atoms with E-state index >= 15 is 8.78 Å². The van der Waals surface area contributed by atoms with Crippen molar-refractivity contribution in [3.8, 4) is 11.8 Å². The minimum absolute atomic E-state index is 0.0415. The Labute approximate surface area is 254 Å². The Morgan fingerprint density at radius 1 is 1.05 bits per heavy atom. The average molecular weight is 617 g/mol. The van der Waals surface area contributed by atoms with E-state index in [0.717, 1.165) is 0 Å². The highest BCUT2D eigenvalue weighted by Crippen LogP contribution is 2.41. The van der Waals surface area contributed by atoms with Crippen LogP contribution < -0.4 is 10.2 Å². The molecule has 0 aliphatic carbocycles. The molecule has 2 aliphatic heterocycles. The molecule has 2 aliphatic rings. The first-order valence-electron chi connectivity index (χ1n) is 13.4. The van der Waals surface area contributed by atoms with E-state index in [1.807, 2.05) is 0 Å². The van der Waals surface area contributed by atoms with Gasteiger partial charge in [0, 0.05) is 47.4 Å². The number of hydrogen-bond donors (Lipinski definition) is 2. The van der Waals surface area contributed by atoms with Crippen molar-refractivity contribution in [1.29, 1.82) is 5.26 Å². The molecule has 0 unspecified atom stereocenters. The number of fused-ring (bicyclic) bond motifs is 3. The normalized spacial score (nSPS) is 17.6. The molecule has 222 valence electrons. The molecule has 6 rings (SSSR count). The highest BCUT2D eigenvalue weighted by Gasteiger charge is 2.48. The monoisotopic (exact) mass is 616 g/mol. The van der Waals surface area contributed by atoms with Crippen LogP contribution in [-0.2, 0) is 10.7 Å². The number of nitrogens with one attached hydrogen (secondary N) is 1. The van der Waals surface area contributed by atoms with Crippen LogP contribution >= 0.6 is 11.6 Å². The summed E-state index contributed by atoms with van der Waals surface area (Å²) in [6.07, 6.45) is 1.32. The van der Waals surface area contributed by atoms with Crippen LogP contribution in [0, 0.1) is 11.3 Å². The van der Waals surface area contributed by atoms with Crippen molar-refractivity contribution in [2.24, 2.45) is 0 Å². The molecular weight excluding hydrogens is 594 g/mol. The van der Waals surface area contributed by atoms with Gasteiger partial charge in [-0.25, -0.2) is 0 Å². The molecule has 0 radical (unpaired) electrons. The number of halogens is 3. The Balaban J connectivity index is 1.35. The molecule has 0 saturated carbocycles. The minimum atomic E-state index is -3.33. The summed E-state index contributed by atoms with van der Waals surface area (Å²) in [6, 6.07) is 15.1. The Bertz CT molecular complexity index is 1850. The summed E-state index contributed by atoms with van der Waals surface area (Å²) in [5.74, 6) is -5.01. The van der Waals surface area contributed by atoms with Gasteiger partial charge in [0.1, 0.15) is 11.8 Å². The Hall–Kier alpha value is -5.28. The Morgan fingerprint density at radius 3 is 2.32 bits per heavy atom. The maximum atomic E-state index is 15.3. The van der Waals surface area contributed by atoms with Crippen molar-refractivity contribution < 1.29 is 28.3 Å². The molecule has 3 heterocycles. The van der Waals surface area contributed by atoms with Crippen LogP contribution in [-0.4, -0.2) is 56.6 Å². The summed E-state index contributed by atoms with van der Waals surface area (Å²) in [4.78, 5) is 42.5. The Morgan fingerprint density at radius 2 is 1.68 bits per heavy atom. The fourth-order valence-corrected chi connectivity index (χ4v) is 5.76. The van der Waals surface area contributed by atoms with Crippen molar-refractivity contribution in [1.82, 2.24) is 14.7 Å². The number of nitrogens with zero attached hydrogens (tertiary/aromatic N) is 5. The minimum Gasteiger partial charge on any atom is -0.507 e. The summed E-state index contributed by atoms with van der Waals surface area (Å²) in [5.41, 5.74) is -0.102. The van der Waals surface area contributed by atoms with Crippen LogP contribution in [0.5, 0.6) is 5.75 Å². The lowest BCUT2D eigenvalue weighted by atomic mass is 9.99. The van der Waals surface area contributed by atoms with E-state index in [1.54, 1.807) is 11.0 Å². The van der Waals surface area contributed by atoms with Gasteiger partial charge in [-0.05, 0) is 42.5 Å². The molecule has 0 bridgehead atoms. The van der Waals surface area contributed by atoms with Crippen molar-refractivity contribution in [3.63, 3.8) is 0 Å². The number of aromatic hydroxyl groups is 1. The molecule has 1 fully saturated rings. The van der Waals surface area contributed by atoms with Crippen LogP contribution in [0.25, 0.3) is 0 Å². The third-order valence-corrected chi connectivity index (χ3v) is 8.16. The number of aromatic nitrogens is 2. The maximum absolute atomic E-state index is 15.3. The first-order valence-corrected chi connectivity index (χ1v) is 13.8. The first-order chi connectivity index (χ1) is 21.0. The van der Waals surface area contributed by atoms with Gasteiger partial charge in [0.05, 0.1) is 29.5 Å². The third-order valence-electron chi connectivity index (χ3n) is 7.91. The lowest BCUT2D eigenvalue weighted by Crippen LogP contribution is -2.51. The molecule has 13 heteroatoms. The fraction of sp³-hybridized carbons (Fsp3) is 0.194. The first kappa shape index (κ1) is 28.8. The lowest BCUT2D eigenvalue weighted by molar-refractivity contribution is -0.127. The van der Waals surface area contributed by atoms with Gasteiger partial charge in [-0.2, -0.15) is 19.1 Å². The van der Waals surface area contributed by atoms with Crippen molar-refractivity contribution in [3.05, 3.63) is 106 Å². The number of amides is 3. The standard InChI is InChI=1S/C31H23ClF2N6O4/c1-17(41)38-15-25-26(16-38)40-28(24(14-36-40)37-29(43)18-2-11-27(42)19(12-18)13-35)30(44)39(25)23-9-5-21(6-10-23)31(33,34)20-3-7-22(32)8-4-20/h2-12,14,25-26,42H,15-16H2,1H3,(H,37,43)/t25-,26-/m0/s1. The topological polar surface area (TPSA) is 132 Å². The van der Waals surface area contributed by atoms with E-state index in [0.29, 0.717) is 10.7 Å². The van der Waals surface area contributed by atoms with Gasteiger partial charge in [0.25, 0.3) is 17.7 Å². The quantitative estimate of drug-likeness (QED) is 0.327. The van der Waals surface area contributed by atoms with Gasteiger partial charge in [-0.1, -0.05) is 35.9 Å².